The van der Waals surface area contributed by atoms with E-state index < -0.39 is 5.97 Å². The Balaban J connectivity index is 3.33. The molecule has 1 N–H and O–H groups in total. The van der Waals surface area contributed by atoms with Gasteiger partial charge in [0.15, 0.2) is 0 Å². The van der Waals surface area contributed by atoms with Crippen LogP contribution in [0.4, 0.5) is 0 Å². The lowest BCUT2D eigenvalue weighted by atomic mass is 9.96. The van der Waals surface area contributed by atoms with Crippen molar-refractivity contribution >= 4 is 5.97 Å². The van der Waals surface area contributed by atoms with Gasteiger partial charge in [-0.3, -0.25) is 4.79 Å². The van der Waals surface area contributed by atoms with Crippen molar-refractivity contribution in [2.24, 2.45) is 11.8 Å². The molecule has 0 fully saturated rings. The Morgan fingerprint density at radius 2 is 1.75 bits per heavy atom. The van der Waals surface area contributed by atoms with Crippen molar-refractivity contribution in [2.45, 2.75) is 46.5 Å². The van der Waals surface area contributed by atoms with Crippen molar-refractivity contribution in [1.82, 2.24) is 0 Å². The van der Waals surface area contributed by atoms with Gasteiger partial charge in [0.05, 0.1) is 0 Å². The minimum atomic E-state index is -0.675. The summed E-state index contributed by atoms with van der Waals surface area (Å²) in [7, 11) is 0. The van der Waals surface area contributed by atoms with Crippen LogP contribution in [0.3, 0.4) is 0 Å². The summed E-state index contributed by atoms with van der Waals surface area (Å²) in [5, 5.41) is 8.44. The second-order valence-electron chi connectivity index (χ2n) is 4.01. The Morgan fingerprint density at radius 1 is 1.17 bits per heavy atom. The van der Waals surface area contributed by atoms with Gasteiger partial charge in [-0.15, -0.1) is 0 Å². The lowest BCUT2D eigenvalue weighted by molar-refractivity contribution is -0.137. The smallest absolute Gasteiger partial charge is 0.303 e. The predicted molar refractivity (Wildman–Crippen MR) is 50.1 cm³/mol. The lowest BCUT2D eigenvalue weighted by Gasteiger charge is -2.10. The topological polar surface area (TPSA) is 37.3 Å². The first-order valence-electron chi connectivity index (χ1n) is 4.74. The maximum atomic E-state index is 10.2. The van der Waals surface area contributed by atoms with Crippen LogP contribution in [0.1, 0.15) is 46.5 Å². The van der Waals surface area contributed by atoms with Crippen LogP contribution in [0.25, 0.3) is 0 Å². The predicted octanol–water partition coefficient (Wildman–Crippen LogP) is 2.92. The molecule has 0 heterocycles. The van der Waals surface area contributed by atoms with Gasteiger partial charge in [-0.05, 0) is 18.3 Å². The minimum Gasteiger partial charge on any atom is -0.481 e. The summed E-state index contributed by atoms with van der Waals surface area (Å²) in [5.41, 5.74) is 0. The van der Waals surface area contributed by atoms with Crippen molar-refractivity contribution in [3.63, 3.8) is 0 Å². The number of carboxylic acid groups (broad SMARTS) is 1. The molecule has 0 spiro atoms. The standard InChI is InChI=1S/C10H20O2/c1-8(2)4-5-9(3)6-7-10(11)12/h8-9H,4-7H2,1-3H3,(H,11,12). The summed E-state index contributed by atoms with van der Waals surface area (Å²) in [5.74, 6) is 0.618. The highest BCUT2D eigenvalue weighted by Gasteiger charge is 2.05. The van der Waals surface area contributed by atoms with E-state index in [1.165, 1.54) is 6.42 Å². The third-order valence-electron chi connectivity index (χ3n) is 2.09. The van der Waals surface area contributed by atoms with Gasteiger partial charge in [0.25, 0.3) is 0 Å². The molecule has 72 valence electrons. The van der Waals surface area contributed by atoms with E-state index >= 15 is 0 Å². The third kappa shape index (κ3) is 7.58. The van der Waals surface area contributed by atoms with Crippen molar-refractivity contribution in [3.05, 3.63) is 0 Å². The van der Waals surface area contributed by atoms with Crippen LogP contribution >= 0.6 is 0 Å². The van der Waals surface area contributed by atoms with Crippen LogP contribution in [0.15, 0.2) is 0 Å². The van der Waals surface area contributed by atoms with E-state index in [0.717, 1.165) is 18.8 Å². The fourth-order valence-corrected chi connectivity index (χ4v) is 1.13. The van der Waals surface area contributed by atoms with Gasteiger partial charge in [-0.25, -0.2) is 0 Å². The molecule has 1 atom stereocenters. The van der Waals surface area contributed by atoms with Gasteiger partial charge < -0.3 is 5.11 Å². The Kier molecular flexibility index (Phi) is 5.77. The molecule has 0 saturated heterocycles. The van der Waals surface area contributed by atoms with Crippen LogP contribution in [0, 0.1) is 11.8 Å². The summed E-state index contributed by atoms with van der Waals surface area (Å²) in [6, 6.07) is 0. The van der Waals surface area contributed by atoms with E-state index in [1.54, 1.807) is 0 Å². The van der Waals surface area contributed by atoms with Gasteiger partial charge in [0.1, 0.15) is 0 Å². The highest BCUT2D eigenvalue weighted by atomic mass is 16.4. The van der Waals surface area contributed by atoms with Gasteiger partial charge in [-0.1, -0.05) is 33.6 Å². The summed E-state index contributed by atoms with van der Waals surface area (Å²) in [4.78, 5) is 10.2. The molecule has 0 aliphatic rings. The maximum Gasteiger partial charge on any atom is 0.303 e. The largest absolute Gasteiger partial charge is 0.481 e. The first-order chi connectivity index (χ1) is 5.52. The number of aliphatic carboxylic acids is 1. The molecule has 0 radical (unpaired) electrons. The first kappa shape index (κ1) is 11.5. The Labute approximate surface area is 75.0 Å². The average molecular weight is 172 g/mol. The normalized spacial score (nSPS) is 13.3. The fraction of sp³-hybridized carbons (Fsp3) is 0.900. The monoisotopic (exact) mass is 172 g/mol. The van der Waals surface area contributed by atoms with Crippen LogP contribution in [0.5, 0.6) is 0 Å². The van der Waals surface area contributed by atoms with Crippen molar-refractivity contribution in [3.8, 4) is 0 Å². The lowest BCUT2D eigenvalue weighted by Crippen LogP contribution is -2.02. The zero-order valence-corrected chi connectivity index (χ0v) is 8.34. The second kappa shape index (κ2) is 6.04. The van der Waals surface area contributed by atoms with Crippen molar-refractivity contribution in [2.75, 3.05) is 0 Å². The number of carbonyl (C=O) groups is 1. The van der Waals surface area contributed by atoms with Crippen LogP contribution in [-0.4, -0.2) is 11.1 Å². The number of hydrogen-bond donors (Lipinski definition) is 1. The zero-order chi connectivity index (χ0) is 9.56. The van der Waals surface area contributed by atoms with Crippen molar-refractivity contribution in [1.29, 1.82) is 0 Å². The molecule has 0 aromatic heterocycles. The van der Waals surface area contributed by atoms with E-state index in [2.05, 4.69) is 20.8 Å². The average Bonchev–Trinajstić information content (AvgIpc) is 1.96. The van der Waals surface area contributed by atoms with E-state index in [-0.39, 0.29) is 0 Å². The Morgan fingerprint density at radius 3 is 2.17 bits per heavy atom. The molecular formula is C10H20O2. The maximum absolute atomic E-state index is 10.2. The molecule has 1 unspecified atom stereocenters. The Bertz CT molecular complexity index is 130. The third-order valence-corrected chi connectivity index (χ3v) is 2.09. The number of carboxylic acids is 1. The zero-order valence-electron chi connectivity index (χ0n) is 8.34. The molecule has 0 saturated carbocycles. The molecule has 0 bridgehead atoms. The van der Waals surface area contributed by atoms with E-state index in [1.807, 2.05) is 0 Å². The summed E-state index contributed by atoms with van der Waals surface area (Å²) < 4.78 is 0. The molecule has 12 heavy (non-hydrogen) atoms. The quantitative estimate of drug-likeness (QED) is 0.668. The highest BCUT2D eigenvalue weighted by molar-refractivity contribution is 5.66. The van der Waals surface area contributed by atoms with E-state index in [9.17, 15) is 4.79 Å². The minimum absolute atomic E-state index is 0.319. The van der Waals surface area contributed by atoms with E-state index in [0.29, 0.717) is 12.3 Å². The number of rotatable bonds is 6. The molecular weight excluding hydrogens is 152 g/mol. The molecule has 0 rings (SSSR count). The number of hydrogen-bond acceptors (Lipinski definition) is 1. The molecule has 0 aliphatic heterocycles. The van der Waals surface area contributed by atoms with Gasteiger partial charge in [0.2, 0.25) is 0 Å². The Hall–Kier alpha value is -0.530. The SMILES string of the molecule is CC(C)CCC(C)CCC(=O)O. The van der Waals surface area contributed by atoms with Crippen LogP contribution in [0.2, 0.25) is 0 Å². The second-order valence-corrected chi connectivity index (χ2v) is 4.01. The molecule has 0 aliphatic carbocycles. The molecule has 2 nitrogen and oxygen atoms in total. The molecule has 2 heteroatoms. The van der Waals surface area contributed by atoms with Gasteiger partial charge in [0, 0.05) is 6.42 Å². The van der Waals surface area contributed by atoms with Crippen LogP contribution in [-0.2, 0) is 4.79 Å². The van der Waals surface area contributed by atoms with Crippen molar-refractivity contribution < 1.29 is 9.90 Å². The summed E-state index contributed by atoms with van der Waals surface area (Å²) >= 11 is 0. The summed E-state index contributed by atoms with van der Waals surface area (Å²) in [6.07, 6.45) is 3.51. The highest BCUT2D eigenvalue weighted by Crippen LogP contribution is 2.16. The molecule has 0 amide bonds. The van der Waals surface area contributed by atoms with Gasteiger partial charge in [-0.2, -0.15) is 0 Å². The van der Waals surface area contributed by atoms with Gasteiger partial charge >= 0.3 is 5.97 Å². The molecule has 0 aromatic carbocycles. The van der Waals surface area contributed by atoms with E-state index in [4.69, 9.17) is 5.11 Å². The molecule has 0 aromatic rings. The summed E-state index contributed by atoms with van der Waals surface area (Å²) in [6.45, 7) is 6.53. The first-order valence-corrected chi connectivity index (χ1v) is 4.74. The fourth-order valence-electron chi connectivity index (χ4n) is 1.13. The van der Waals surface area contributed by atoms with Crippen LogP contribution < -0.4 is 0 Å².